The first-order valence-corrected chi connectivity index (χ1v) is 8.23. The van der Waals surface area contributed by atoms with Crippen LogP contribution in [0.5, 0.6) is 0 Å². The summed E-state index contributed by atoms with van der Waals surface area (Å²) in [4.78, 5) is 1.98. The molecule has 0 bridgehead atoms. The van der Waals surface area contributed by atoms with Crippen molar-refractivity contribution in [1.82, 2.24) is 15.0 Å². The van der Waals surface area contributed by atoms with E-state index in [0.29, 0.717) is 19.7 Å². The number of rotatable bonds is 8. The maximum absolute atomic E-state index is 13.0. The Labute approximate surface area is 140 Å². The molecule has 2 rings (SSSR count). The highest BCUT2D eigenvalue weighted by Gasteiger charge is 2.16. The average molecular weight is 337 g/mol. The molecule has 0 saturated carbocycles. The summed E-state index contributed by atoms with van der Waals surface area (Å²) in [5, 5.41) is 16.8. The van der Waals surface area contributed by atoms with Gasteiger partial charge in [-0.3, -0.25) is 4.68 Å². The predicted octanol–water partition coefficient (Wildman–Crippen LogP) is 2.33. The van der Waals surface area contributed by atoms with Crippen LogP contribution < -0.4 is 5.23 Å². The van der Waals surface area contributed by atoms with Crippen molar-refractivity contribution < 1.29 is 14.2 Å². The second-order valence-electron chi connectivity index (χ2n) is 5.20. The Kier molecular flexibility index (Phi) is 6.65. The Balaban J connectivity index is 2.20. The van der Waals surface area contributed by atoms with Crippen LogP contribution in [-0.4, -0.2) is 35.5 Å². The second-order valence-corrected chi connectivity index (χ2v) is 6.29. The monoisotopic (exact) mass is 337 g/mol. The lowest BCUT2D eigenvalue weighted by molar-refractivity contribution is 0.174. The van der Waals surface area contributed by atoms with E-state index in [4.69, 9.17) is 4.74 Å². The van der Waals surface area contributed by atoms with Gasteiger partial charge in [0.2, 0.25) is 0 Å². The van der Waals surface area contributed by atoms with Crippen molar-refractivity contribution in [2.45, 2.75) is 36.7 Å². The lowest BCUT2D eigenvalue weighted by Crippen LogP contribution is -2.33. The van der Waals surface area contributed by atoms with Gasteiger partial charge in [0.15, 0.2) is 0 Å². The third kappa shape index (κ3) is 5.07. The number of aryl methyl sites for hydroxylation is 1. The molecule has 0 fully saturated rings. The molecular formula is C15H21BFN3O2S. The summed E-state index contributed by atoms with van der Waals surface area (Å²) in [7, 11) is 1.10. The standard InChI is InChI=1S/C15H21BFN3O2S/c1-11-15(23-13-6-4-12(17)5-7-13)14(10-22-3)20(19-11)9-8-18-16(2)21/h4-7,18,21H,8-10H2,1-3H3. The molecule has 0 aliphatic rings. The highest BCUT2D eigenvalue weighted by molar-refractivity contribution is 7.99. The van der Waals surface area contributed by atoms with Gasteiger partial charge in [-0.05, 0) is 38.0 Å². The number of nitrogens with one attached hydrogen (secondary N) is 1. The van der Waals surface area contributed by atoms with E-state index in [9.17, 15) is 9.41 Å². The first-order valence-electron chi connectivity index (χ1n) is 7.41. The highest BCUT2D eigenvalue weighted by atomic mass is 32.2. The SMILES string of the molecule is COCc1c(Sc2ccc(F)cc2)c(C)nn1CCNB(C)O. The van der Waals surface area contributed by atoms with Crippen LogP contribution >= 0.6 is 11.8 Å². The Morgan fingerprint density at radius 3 is 2.70 bits per heavy atom. The molecule has 1 heterocycles. The summed E-state index contributed by atoms with van der Waals surface area (Å²) >= 11 is 1.55. The fraction of sp³-hybridized carbons (Fsp3) is 0.400. The number of hydrogen-bond donors (Lipinski definition) is 2. The maximum Gasteiger partial charge on any atom is 0.373 e. The summed E-state index contributed by atoms with van der Waals surface area (Å²) in [6, 6.07) is 6.40. The lowest BCUT2D eigenvalue weighted by Gasteiger charge is -2.10. The van der Waals surface area contributed by atoms with Crippen molar-refractivity contribution in [3.05, 3.63) is 41.5 Å². The van der Waals surface area contributed by atoms with Gasteiger partial charge in [0, 0.05) is 18.6 Å². The summed E-state index contributed by atoms with van der Waals surface area (Å²) in [6.45, 7) is 5.31. The van der Waals surface area contributed by atoms with Crippen LogP contribution in [0.2, 0.25) is 6.82 Å². The van der Waals surface area contributed by atoms with Gasteiger partial charge in [-0.25, -0.2) is 4.39 Å². The van der Waals surface area contributed by atoms with Crippen LogP contribution in [0.4, 0.5) is 4.39 Å². The van der Waals surface area contributed by atoms with Crippen LogP contribution in [0.1, 0.15) is 11.4 Å². The topological polar surface area (TPSA) is 59.3 Å². The molecule has 1 aromatic heterocycles. The number of halogens is 1. The van der Waals surface area contributed by atoms with Crippen LogP contribution in [0.25, 0.3) is 0 Å². The molecule has 0 spiro atoms. The summed E-state index contributed by atoms with van der Waals surface area (Å²) in [6.07, 6.45) is 0. The van der Waals surface area contributed by atoms with E-state index in [0.717, 1.165) is 21.2 Å². The molecule has 0 radical (unpaired) electrons. The zero-order valence-electron chi connectivity index (χ0n) is 13.5. The fourth-order valence-corrected chi connectivity index (χ4v) is 3.19. The maximum atomic E-state index is 13.0. The van der Waals surface area contributed by atoms with Crippen molar-refractivity contribution in [1.29, 1.82) is 0 Å². The smallest absolute Gasteiger partial charge is 0.373 e. The minimum atomic E-state index is -0.550. The van der Waals surface area contributed by atoms with Crippen molar-refractivity contribution >= 4 is 18.8 Å². The molecule has 2 aromatic rings. The molecule has 5 nitrogen and oxygen atoms in total. The van der Waals surface area contributed by atoms with E-state index in [1.165, 1.54) is 12.1 Å². The molecule has 0 aliphatic heterocycles. The van der Waals surface area contributed by atoms with Crippen LogP contribution in [0, 0.1) is 12.7 Å². The minimum Gasteiger partial charge on any atom is -0.437 e. The molecule has 0 unspecified atom stereocenters. The molecule has 8 heteroatoms. The Morgan fingerprint density at radius 1 is 1.39 bits per heavy atom. The summed E-state index contributed by atoms with van der Waals surface area (Å²) in [5.41, 5.74) is 1.88. The van der Waals surface area contributed by atoms with Crippen LogP contribution in [0.15, 0.2) is 34.1 Å². The minimum absolute atomic E-state index is 0.247. The molecule has 23 heavy (non-hydrogen) atoms. The van der Waals surface area contributed by atoms with Crippen molar-refractivity contribution in [3.8, 4) is 0 Å². The number of methoxy groups -OCH3 is 1. The first kappa shape index (κ1) is 18.0. The molecule has 0 atom stereocenters. The van der Waals surface area contributed by atoms with E-state index in [1.54, 1.807) is 37.8 Å². The number of nitrogens with zero attached hydrogens (tertiary/aromatic N) is 2. The predicted molar refractivity (Wildman–Crippen MR) is 90.0 cm³/mol. The molecule has 0 aliphatic carbocycles. The fourth-order valence-electron chi connectivity index (χ4n) is 2.21. The molecule has 1 aromatic carbocycles. The van der Waals surface area contributed by atoms with Gasteiger partial charge in [0.25, 0.3) is 0 Å². The van der Waals surface area contributed by atoms with E-state index in [-0.39, 0.29) is 5.82 Å². The van der Waals surface area contributed by atoms with Gasteiger partial charge in [0.1, 0.15) is 5.82 Å². The number of aromatic nitrogens is 2. The number of hydrogen-bond acceptors (Lipinski definition) is 5. The first-order chi connectivity index (χ1) is 11.0. The molecule has 124 valence electrons. The molecule has 2 N–H and O–H groups in total. The largest absolute Gasteiger partial charge is 0.437 e. The quantitative estimate of drug-likeness (QED) is 0.724. The van der Waals surface area contributed by atoms with E-state index in [2.05, 4.69) is 10.3 Å². The highest BCUT2D eigenvalue weighted by Crippen LogP contribution is 2.33. The van der Waals surface area contributed by atoms with Crippen LogP contribution in [0.3, 0.4) is 0 Å². The van der Waals surface area contributed by atoms with Gasteiger partial charge >= 0.3 is 7.05 Å². The van der Waals surface area contributed by atoms with Gasteiger partial charge in [0.05, 0.1) is 29.4 Å². The summed E-state index contributed by atoms with van der Waals surface area (Å²) < 4.78 is 20.2. The van der Waals surface area contributed by atoms with E-state index >= 15 is 0 Å². The zero-order valence-corrected chi connectivity index (χ0v) is 14.4. The Morgan fingerprint density at radius 2 is 2.09 bits per heavy atom. The van der Waals surface area contributed by atoms with E-state index in [1.807, 2.05) is 11.6 Å². The molecular weight excluding hydrogens is 316 g/mol. The van der Waals surface area contributed by atoms with Gasteiger partial charge in [-0.1, -0.05) is 11.8 Å². The van der Waals surface area contributed by atoms with Crippen molar-refractivity contribution in [3.63, 3.8) is 0 Å². The molecule has 0 amide bonds. The third-order valence-electron chi connectivity index (χ3n) is 3.25. The van der Waals surface area contributed by atoms with Gasteiger partial charge in [-0.2, -0.15) is 5.10 Å². The molecule has 0 saturated heterocycles. The third-order valence-corrected chi connectivity index (χ3v) is 4.49. The van der Waals surface area contributed by atoms with Crippen molar-refractivity contribution in [2.24, 2.45) is 0 Å². The van der Waals surface area contributed by atoms with E-state index < -0.39 is 7.05 Å². The lowest BCUT2D eigenvalue weighted by atomic mass is 9.89. The second kappa shape index (κ2) is 8.49. The number of ether oxygens (including phenoxy) is 1. The Bertz CT molecular complexity index is 634. The zero-order chi connectivity index (χ0) is 16.8. The number of benzene rings is 1. The average Bonchev–Trinajstić information content (AvgIpc) is 2.78. The normalized spacial score (nSPS) is 11.0. The Hall–Kier alpha value is -1.35. The van der Waals surface area contributed by atoms with Crippen LogP contribution in [-0.2, 0) is 17.9 Å². The summed E-state index contributed by atoms with van der Waals surface area (Å²) in [5.74, 6) is -0.247. The van der Waals surface area contributed by atoms with Gasteiger partial charge in [-0.15, -0.1) is 0 Å². The van der Waals surface area contributed by atoms with Crippen molar-refractivity contribution in [2.75, 3.05) is 13.7 Å². The van der Waals surface area contributed by atoms with Gasteiger partial charge < -0.3 is 15.0 Å².